The molecule has 4 rings (SSSR count). The average molecular weight is 361 g/mol. The number of anilines is 1. The Bertz CT molecular complexity index is 1090. The van der Waals surface area contributed by atoms with Crippen molar-refractivity contribution in [1.82, 2.24) is 9.78 Å². The highest BCUT2D eigenvalue weighted by Gasteiger charge is 2.19. The van der Waals surface area contributed by atoms with Crippen LogP contribution < -0.4 is 5.32 Å². The summed E-state index contributed by atoms with van der Waals surface area (Å²) in [6.45, 7) is 1.74. The number of halogens is 1. The van der Waals surface area contributed by atoms with Gasteiger partial charge in [0.25, 0.3) is 5.91 Å². The van der Waals surface area contributed by atoms with E-state index < -0.39 is 0 Å². The predicted molar refractivity (Wildman–Crippen MR) is 100 cm³/mol. The van der Waals surface area contributed by atoms with Crippen LogP contribution in [0.3, 0.4) is 0 Å². The number of nitrogens with one attached hydrogen (secondary N) is 1. The number of furan rings is 1. The summed E-state index contributed by atoms with van der Waals surface area (Å²) in [5.41, 5.74) is 2.82. The number of carbonyl (C=O) groups is 1. The van der Waals surface area contributed by atoms with Crippen molar-refractivity contribution >= 4 is 11.6 Å². The summed E-state index contributed by atoms with van der Waals surface area (Å²) in [5.74, 6) is -0.129. The summed E-state index contributed by atoms with van der Waals surface area (Å²) in [6.07, 6.45) is 1.55. The fraction of sp³-hybridized carbons (Fsp3) is 0.0476. The summed E-state index contributed by atoms with van der Waals surface area (Å²) in [7, 11) is 0. The second-order valence-corrected chi connectivity index (χ2v) is 6.05. The number of hydrogen-bond acceptors (Lipinski definition) is 3. The molecule has 0 saturated carbocycles. The van der Waals surface area contributed by atoms with E-state index in [1.54, 1.807) is 42.1 Å². The van der Waals surface area contributed by atoms with E-state index in [0.29, 0.717) is 28.4 Å². The topological polar surface area (TPSA) is 60.1 Å². The zero-order valence-corrected chi connectivity index (χ0v) is 14.5. The van der Waals surface area contributed by atoms with Crippen LogP contribution in [-0.4, -0.2) is 15.7 Å². The van der Waals surface area contributed by atoms with Crippen LogP contribution in [0.2, 0.25) is 0 Å². The molecule has 6 heteroatoms. The third-order valence-corrected chi connectivity index (χ3v) is 4.15. The first kappa shape index (κ1) is 16.8. The van der Waals surface area contributed by atoms with Gasteiger partial charge in [-0.1, -0.05) is 18.2 Å². The van der Waals surface area contributed by atoms with Gasteiger partial charge in [-0.25, -0.2) is 9.07 Å². The molecule has 27 heavy (non-hydrogen) atoms. The molecule has 0 aliphatic carbocycles. The first-order valence-electron chi connectivity index (χ1n) is 8.39. The van der Waals surface area contributed by atoms with Crippen molar-refractivity contribution in [2.24, 2.45) is 0 Å². The van der Waals surface area contributed by atoms with Gasteiger partial charge in [0, 0.05) is 11.8 Å². The Morgan fingerprint density at radius 3 is 2.59 bits per heavy atom. The van der Waals surface area contributed by atoms with Crippen molar-refractivity contribution < 1.29 is 13.6 Å². The van der Waals surface area contributed by atoms with Crippen LogP contribution in [-0.2, 0) is 0 Å². The predicted octanol–water partition coefficient (Wildman–Crippen LogP) is 4.83. The number of para-hydroxylation sites is 1. The van der Waals surface area contributed by atoms with Gasteiger partial charge in [-0.05, 0) is 55.0 Å². The van der Waals surface area contributed by atoms with E-state index in [1.807, 2.05) is 30.3 Å². The molecule has 0 spiro atoms. The minimum atomic E-state index is -0.348. The van der Waals surface area contributed by atoms with Gasteiger partial charge in [-0.3, -0.25) is 4.79 Å². The van der Waals surface area contributed by atoms with E-state index >= 15 is 0 Å². The van der Waals surface area contributed by atoms with Gasteiger partial charge in [-0.2, -0.15) is 5.10 Å². The average Bonchev–Trinajstić information content (AvgIpc) is 3.34. The fourth-order valence-corrected chi connectivity index (χ4v) is 2.81. The third-order valence-electron chi connectivity index (χ3n) is 4.15. The maximum absolute atomic E-state index is 13.3. The Morgan fingerprint density at radius 2 is 1.89 bits per heavy atom. The molecule has 4 aromatic rings. The van der Waals surface area contributed by atoms with E-state index in [4.69, 9.17) is 4.42 Å². The third kappa shape index (κ3) is 3.37. The molecule has 1 N–H and O–H groups in total. The standard InChI is InChI=1S/C21H16FN3O2/c1-14-12-15(22)9-10-17(14)23-21(26)19-13-18(20-8-5-11-27-20)24-25(19)16-6-3-2-4-7-16/h2-13H,1H3,(H,23,26). The zero-order valence-electron chi connectivity index (χ0n) is 14.5. The molecule has 0 aliphatic rings. The fourth-order valence-electron chi connectivity index (χ4n) is 2.81. The van der Waals surface area contributed by atoms with Crippen molar-refractivity contribution in [3.05, 3.63) is 90.1 Å². The van der Waals surface area contributed by atoms with Gasteiger partial charge in [0.05, 0.1) is 12.0 Å². The molecule has 0 atom stereocenters. The van der Waals surface area contributed by atoms with Gasteiger partial charge < -0.3 is 9.73 Å². The number of carbonyl (C=O) groups excluding carboxylic acids is 1. The minimum absolute atomic E-state index is 0.344. The molecular formula is C21H16FN3O2. The summed E-state index contributed by atoms with van der Waals surface area (Å²) < 4.78 is 20.3. The largest absolute Gasteiger partial charge is 0.463 e. The number of aromatic nitrogens is 2. The van der Waals surface area contributed by atoms with E-state index in [2.05, 4.69) is 10.4 Å². The molecule has 0 aliphatic heterocycles. The lowest BCUT2D eigenvalue weighted by Crippen LogP contribution is -2.17. The van der Waals surface area contributed by atoms with Crippen LogP contribution in [0.15, 0.2) is 77.4 Å². The first-order chi connectivity index (χ1) is 13.1. The van der Waals surface area contributed by atoms with Crippen molar-refractivity contribution in [1.29, 1.82) is 0 Å². The lowest BCUT2D eigenvalue weighted by Gasteiger charge is -2.10. The van der Waals surface area contributed by atoms with Gasteiger partial charge in [0.2, 0.25) is 0 Å². The quantitative estimate of drug-likeness (QED) is 0.566. The number of nitrogens with zero attached hydrogens (tertiary/aromatic N) is 2. The minimum Gasteiger partial charge on any atom is -0.463 e. The Hall–Kier alpha value is -3.67. The second kappa shape index (κ2) is 6.92. The highest BCUT2D eigenvalue weighted by atomic mass is 19.1. The first-order valence-corrected chi connectivity index (χ1v) is 8.39. The van der Waals surface area contributed by atoms with Crippen molar-refractivity contribution in [2.75, 3.05) is 5.32 Å². The van der Waals surface area contributed by atoms with Crippen molar-refractivity contribution in [3.63, 3.8) is 0 Å². The molecule has 134 valence electrons. The number of rotatable bonds is 4. The number of benzene rings is 2. The normalized spacial score (nSPS) is 10.7. The maximum atomic E-state index is 13.3. The molecule has 1 amide bonds. The van der Waals surface area contributed by atoms with Crippen molar-refractivity contribution in [2.45, 2.75) is 6.92 Å². The van der Waals surface area contributed by atoms with E-state index in [-0.39, 0.29) is 11.7 Å². The number of hydrogen-bond donors (Lipinski definition) is 1. The monoisotopic (exact) mass is 361 g/mol. The summed E-state index contributed by atoms with van der Waals surface area (Å²) in [6, 6.07) is 18.8. The number of amides is 1. The van der Waals surface area contributed by atoms with E-state index in [9.17, 15) is 9.18 Å². The van der Waals surface area contributed by atoms with Crippen LogP contribution in [0.1, 0.15) is 16.1 Å². The second-order valence-electron chi connectivity index (χ2n) is 6.05. The molecule has 5 nitrogen and oxygen atoms in total. The maximum Gasteiger partial charge on any atom is 0.274 e. The van der Waals surface area contributed by atoms with Gasteiger partial charge in [0.1, 0.15) is 17.2 Å². The molecule has 0 radical (unpaired) electrons. The molecule has 0 unspecified atom stereocenters. The molecule has 2 aromatic heterocycles. The Labute approximate surface area is 155 Å². The van der Waals surface area contributed by atoms with Gasteiger partial charge >= 0.3 is 0 Å². The van der Waals surface area contributed by atoms with Crippen LogP contribution in [0.4, 0.5) is 10.1 Å². The van der Waals surface area contributed by atoms with Crippen LogP contribution >= 0.6 is 0 Å². The number of aryl methyl sites for hydroxylation is 1. The van der Waals surface area contributed by atoms with E-state index in [1.165, 1.54) is 12.1 Å². The smallest absolute Gasteiger partial charge is 0.274 e. The molecular weight excluding hydrogens is 345 g/mol. The van der Waals surface area contributed by atoms with Gasteiger partial charge in [-0.15, -0.1) is 0 Å². The van der Waals surface area contributed by atoms with E-state index in [0.717, 1.165) is 5.69 Å². The Morgan fingerprint density at radius 1 is 1.07 bits per heavy atom. The summed E-state index contributed by atoms with van der Waals surface area (Å²) >= 11 is 0. The Kier molecular flexibility index (Phi) is 4.30. The van der Waals surface area contributed by atoms with Gasteiger partial charge in [0.15, 0.2) is 5.76 Å². The molecule has 0 saturated heterocycles. The van der Waals surface area contributed by atoms with Crippen LogP contribution in [0.25, 0.3) is 17.1 Å². The Balaban J connectivity index is 1.75. The molecule has 2 heterocycles. The lowest BCUT2D eigenvalue weighted by molar-refractivity contribution is 0.101. The lowest BCUT2D eigenvalue weighted by atomic mass is 10.2. The van der Waals surface area contributed by atoms with Crippen LogP contribution in [0.5, 0.6) is 0 Å². The molecule has 0 bridgehead atoms. The summed E-state index contributed by atoms with van der Waals surface area (Å²) in [4.78, 5) is 12.9. The molecule has 0 fully saturated rings. The SMILES string of the molecule is Cc1cc(F)ccc1NC(=O)c1cc(-c2ccco2)nn1-c1ccccc1. The zero-order chi connectivity index (χ0) is 18.8. The van der Waals surface area contributed by atoms with Crippen molar-refractivity contribution in [3.8, 4) is 17.1 Å². The highest BCUT2D eigenvalue weighted by Crippen LogP contribution is 2.24. The van der Waals surface area contributed by atoms with Crippen LogP contribution in [0, 0.1) is 12.7 Å². The summed E-state index contributed by atoms with van der Waals surface area (Å²) in [5, 5.41) is 7.35. The highest BCUT2D eigenvalue weighted by molar-refractivity contribution is 6.04. The molecule has 2 aromatic carbocycles.